The Morgan fingerprint density at radius 1 is 1.31 bits per heavy atom. The van der Waals surface area contributed by atoms with E-state index in [2.05, 4.69) is 17.3 Å². The summed E-state index contributed by atoms with van der Waals surface area (Å²) in [5, 5.41) is 8.90. The molecule has 0 spiro atoms. The van der Waals surface area contributed by atoms with E-state index in [9.17, 15) is 4.79 Å². The summed E-state index contributed by atoms with van der Waals surface area (Å²) in [6.07, 6.45) is 0.364. The molecule has 142 valence electrons. The normalized spacial score (nSPS) is 17.1. The Labute approximate surface area is 170 Å². The number of benzene rings is 1. The Kier molecular flexibility index (Phi) is 6.97. The highest BCUT2D eigenvalue weighted by atomic mass is 35.5. The van der Waals surface area contributed by atoms with Crippen molar-refractivity contribution in [1.29, 1.82) is 0 Å². The molecule has 1 saturated heterocycles. The first kappa shape index (κ1) is 21.0. The number of amides is 1. The van der Waals surface area contributed by atoms with Crippen LogP contribution in [-0.4, -0.2) is 46.3 Å². The molecular formula is C18H23Cl3N4O. The van der Waals surface area contributed by atoms with Crippen molar-refractivity contribution in [2.75, 3.05) is 19.6 Å². The van der Waals surface area contributed by atoms with Crippen LogP contribution in [0.1, 0.15) is 23.9 Å². The predicted octanol–water partition coefficient (Wildman–Crippen LogP) is 3.58. The molecule has 26 heavy (non-hydrogen) atoms. The van der Waals surface area contributed by atoms with Crippen molar-refractivity contribution in [3.05, 3.63) is 45.2 Å². The SMILES string of the molecule is Cc1nn(-c2ccc(Cl)c(Cl)c2)c(C)c1CC(=O)N1CCNC[C@@H]1C.Cl. The van der Waals surface area contributed by atoms with Crippen molar-refractivity contribution < 1.29 is 4.79 Å². The number of nitrogens with one attached hydrogen (secondary N) is 1. The molecule has 2 aromatic rings. The van der Waals surface area contributed by atoms with Crippen LogP contribution in [0.5, 0.6) is 0 Å². The van der Waals surface area contributed by atoms with E-state index in [1.54, 1.807) is 12.1 Å². The van der Waals surface area contributed by atoms with Gasteiger partial charge in [0.2, 0.25) is 5.91 Å². The molecule has 1 fully saturated rings. The van der Waals surface area contributed by atoms with Gasteiger partial charge >= 0.3 is 0 Å². The maximum atomic E-state index is 12.7. The van der Waals surface area contributed by atoms with E-state index < -0.39 is 0 Å². The zero-order chi connectivity index (χ0) is 18.1. The number of halogens is 3. The molecule has 1 aliphatic rings. The first-order chi connectivity index (χ1) is 11.9. The van der Waals surface area contributed by atoms with Gasteiger partial charge in [0.1, 0.15) is 0 Å². The Morgan fingerprint density at radius 3 is 2.69 bits per heavy atom. The molecule has 1 atom stereocenters. The maximum absolute atomic E-state index is 12.7. The minimum absolute atomic E-state index is 0. The van der Waals surface area contributed by atoms with Crippen LogP contribution >= 0.6 is 35.6 Å². The van der Waals surface area contributed by atoms with Crippen molar-refractivity contribution in [2.45, 2.75) is 33.2 Å². The Bertz CT molecular complexity index is 806. The van der Waals surface area contributed by atoms with Crippen molar-refractivity contribution in [3.8, 4) is 5.69 Å². The molecule has 1 aromatic heterocycles. The minimum atomic E-state index is 0. The lowest BCUT2D eigenvalue weighted by molar-refractivity contribution is -0.133. The van der Waals surface area contributed by atoms with Crippen molar-refractivity contribution in [2.24, 2.45) is 0 Å². The molecule has 5 nitrogen and oxygen atoms in total. The highest BCUT2D eigenvalue weighted by molar-refractivity contribution is 6.42. The second-order valence-corrected chi connectivity index (χ2v) is 7.29. The molecule has 0 unspecified atom stereocenters. The number of hydrogen-bond acceptors (Lipinski definition) is 3. The van der Waals surface area contributed by atoms with Crippen LogP contribution in [0, 0.1) is 13.8 Å². The lowest BCUT2D eigenvalue weighted by Gasteiger charge is -2.34. The first-order valence-corrected chi connectivity index (χ1v) is 9.14. The predicted molar refractivity (Wildman–Crippen MR) is 108 cm³/mol. The summed E-state index contributed by atoms with van der Waals surface area (Å²) in [6.45, 7) is 8.42. The number of carbonyl (C=O) groups is 1. The second kappa shape index (κ2) is 8.61. The molecule has 0 bridgehead atoms. The molecule has 2 heterocycles. The highest BCUT2D eigenvalue weighted by Gasteiger charge is 2.25. The standard InChI is InChI=1S/C18H22Cl2N4O.ClH/c1-11-10-21-6-7-23(11)18(25)9-15-12(2)22-24(13(15)3)14-4-5-16(19)17(20)8-14;/h4-5,8,11,21H,6-7,9-10H2,1-3H3;1H/t11-;/m0./s1. The molecule has 0 saturated carbocycles. The second-order valence-electron chi connectivity index (χ2n) is 6.48. The Morgan fingerprint density at radius 2 is 2.04 bits per heavy atom. The van der Waals surface area contributed by atoms with Gasteiger partial charge in [-0.2, -0.15) is 5.10 Å². The van der Waals surface area contributed by atoms with Crippen LogP contribution in [-0.2, 0) is 11.2 Å². The molecule has 8 heteroatoms. The molecule has 0 aliphatic carbocycles. The van der Waals surface area contributed by atoms with Gasteiger partial charge in [0.05, 0.1) is 27.8 Å². The van der Waals surface area contributed by atoms with E-state index in [0.29, 0.717) is 16.5 Å². The van der Waals surface area contributed by atoms with E-state index in [-0.39, 0.29) is 24.4 Å². The van der Waals surface area contributed by atoms with Crippen molar-refractivity contribution in [3.63, 3.8) is 0 Å². The Balaban J connectivity index is 0.00000243. The number of nitrogens with zero attached hydrogens (tertiary/aromatic N) is 3. The summed E-state index contributed by atoms with van der Waals surface area (Å²) in [7, 11) is 0. The monoisotopic (exact) mass is 416 g/mol. The fourth-order valence-electron chi connectivity index (χ4n) is 3.26. The highest BCUT2D eigenvalue weighted by Crippen LogP contribution is 2.26. The van der Waals surface area contributed by atoms with Crippen LogP contribution in [0.4, 0.5) is 0 Å². The third kappa shape index (κ3) is 4.17. The molecule has 3 rings (SSSR count). The lowest BCUT2D eigenvalue weighted by atomic mass is 10.1. The smallest absolute Gasteiger partial charge is 0.227 e. The maximum Gasteiger partial charge on any atom is 0.227 e. The quantitative estimate of drug-likeness (QED) is 0.830. The van der Waals surface area contributed by atoms with Crippen LogP contribution in [0.2, 0.25) is 10.0 Å². The van der Waals surface area contributed by atoms with Gasteiger partial charge in [0.15, 0.2) is 0 Å². The summed E-state index contributed by atoms with van der Waals surface area (Å²) >= 11 is 12.1. The number of carbonyl (C=O) groups excluding carboxylic acids is 1. The summed E-state index contributed by atoms with van der Waals surface area (Å²) < 4.78 is 1.82. The largest absolute Gasteiger partial charge is 0.337 e. The third-order valence-corrected chi connectivity index (χ3v) is 5.48. The molecule has 0 radical (unpaired) electrons. The van der Waals surface area contributed by atoms with Gasteiger partial charge in [-0.15, -0.1) is 12.4 Å². The van der Waals surface area contributed by atoms with Gasteiger partial charge in [0, 0.05) is 36.9 Å². The minimum Gasteiger partial charge on any atom is -0.337 e. The lowest BCUT2D eigenvalue weighted by Crippen LogP contribution is -2.52. The van der Waals surface area contributed by atoms with Gasteiger partial charge in [-0.25, -0.2) is 4.68 Å². The topological polar surface area (TPSA) is 50.2 Å². The summed E-state index contributed by atoms with van der Waals surface area (Å²) in [5.41, 5.74) is 3.62. The number of piperazine rings is 1. The number of aryl methyl sites for hydroxylation is 1. The molecule has 1 aliphatic heterocycles. The fourth-order valence-corrected chi connectivity index (χ4v) is 3.56. The fraction of sp³-hybridized carbons (Fsp3) is 0.444. The summed E-state index contributed by atoms with van der Waals surface area (Å²) in [6, 6.07) is 5.63. The number of rotatable bonds is 3. The number of hydrogen-bond donors (Lipinski definition) is 1. The molecule has 1 aromatic carbocycles. The van der Waals surface area contributed by atoms with Gasteiger partial charge < -0.3 is 10.2 Å². The van der Waals surface area contributed by atoms with E-state index in [0.717, 1.165) is 42.3 Å². The Hall–Kier alpha value is -1.27. The molecule has 1 amide bonds. The first-order valence-electron chi connectivity index (χ1n) is 8.39. The van der Waals surface area contributed by atoms with Crippen LogP contribution < -0.4 is 5.32 Å². The summed E-state index contributed by atoms with van der Waals surface area (Å²) in [4.78, 5) is 14.7. The van der Waals surface area contributed by atoms with E-state index >= 15 is 0 Å². The van der Waals surface area contributed by atoms with Crippen LogP contribution in [0.25, 0.3) is 5.69 Å². The van der Waals surface area contributed by atoms with Crippen LogP contribution in [0.3, 0.4) is 0 Å². The zero-order valence-corrected chi connectivity index (χ0v) is 17.4. The molecular weight excluding hydrogens is 395 g/mol. The van der Waals surface area contributed by atoms with Gasteiger partial charge in [-0.3, -0.25) is 4.79 Å². The van der Waals surface area contributed by atoms with Crippen molar-refractivity contribution >= 4 is 41.5 Å². The average Bonchev–Trinajstić information content (AvgIpc) is 2.86. The number of aromatic nitrogens is 2. The van der Waals surface area contributed by atoms with Gasteiger partial charge in [0.25, 0.3) is 0 Å². The third-order valence-electron chi connectivity index (χ3n) is 4.74. The molecule has 1 N–H and O–H groups in total. The van der Waals surface area contributed by atoms with Crippen molar-refractivity contribution in [1.82, 2.24) is 20.0 Å². The van der Waals surface area contributed by atoms with Gasteiger partial charge in [-0.05, 0) is 39.0 Å². The zero-order valence-electron chi connectivity index (χ0n) is 15.1. The van der Waals surface area contributed by atoms with Gasteiger partial charge in [-0.1, -0.05) is 23.2 Å². The van der Waals surface area contributed by atoms with E-state index in [4.69, 9.17) is 23.2 Å². The average molecular weight is 418 g/mol. The van der Waals surface area contributed by atoms with E-state index in [1.165, 1.54) is 0 Å². The summed E-state index contributed by atoms with van der Waals surface area (Å²) in [5.74, 6) is 0.147. The van der Waals surface area contributed by atoms with E-state index in [1.807, 2.05) is 29.5 Å². The van der Waals surface area contributed by atoms with Crippen LogP contribution in [0.15, 0.2) is 18.2 Å².